The molecule has 0 fully saturated rings. The van der Waals surface area contributed by atoms with Crippen molar-refractivity contribution in [3.05, 3.63) is 105 Å². The molecule has 0 unspecified atom stereocenters. The number of nitrogens with zero attached hydrogens (tertiary/aromatic N) is 6. The van der Waals surface area contributed by atoms with E-state index in [1.165, 1.54) is 9.75 Å². The van der Waals surface area contributed by atoms with E-state index in [0.29, 0.717) is 34.1 Å². The van der Waals surface area contributed by atoms with Crippen molar-refractivity contribution in [3.63, 3.8) is 0 Å². The van der Waals surface area contributed by atoms with Gasteiger partial charge in [-0.1, -0.05) is 43.1 Å². The number of hydrogen-bond donors (Lipinski definition) is 1. The van der Waals surface area contributed by atoms with E-state index in [-0.39, 0.29) is 0 Å². The molecule has 0 saturated carbocycles. The van der Waals surface area contributed by atoms with Crippen molar-refractivity contribution in [1.82, 2.24) is 29.9 Å². The monoisotopic (exact) mass is 685 g/mol. The minimum absolute atomic E-state index is 0.516. The van der Waals surface area contributed by atoms with Crippen LogP contribution in [0.2, 0.25) is 10.2 Å². The van der Waals surface area contributed by atoms with Gasteiger partial charge in [-0.3, -0.25) is 9.97 Å². The van der Waals surface area contributed by atoms with Crippen LogP contribution < -0.4 is 10.1 Å². The van der Waals surface area contributed by atoms with Crippen molar-refractivity contribution < 1.29 is 4.74 Å². The number of nitrogens with one attached hydrogen (secondary N) is 1. The predicted molar refractivity (Wildman–Crippen MR) is 190 cm³/mol. The Morgan fingerprint density at radius 3 is 1.83 bits per heavy atom. The lowest BCUT2D eigenvalue weighted by Crippen LogP contribution is -2.04. The molecule has 0 amide bonds. The van der Waals surface area contributed by atoms with Crippen LogP contribution in [0.3, 0.4) is 0 Å². The van der Waals surface area contributed by atoms with E-state index in [0.717, 1.165) is 55.8 Å². The number of ether oxygens (including phenoxy) is 1. The van der Waals surface area contributed by atoms with Crippen molar-refractivity contribution in [2.45, 2.75) is 33.2 Å². The molecule has 0 bridgehead atoms. The first-order chi connectivity index (χ1) is 22.4. The maximum Gasteiger partial charge on any atom is 0.163 e. The summed E-state index contributed by atoms with van der Waals surface area (Å²) in [5, 5.41) is 6.55. The Morgan fingerprint density at radius 2 is 1.26 bits per heavy atom. The van der Waals surface area contributed by atoms with Gasteiger partial charge in [-0.15, -0.1) is 22.7 Å². The van der Waals surface area contributed by atoms with E-state index in [1.54, 1.807) is 54.6 Å². The summed E-state index contributed by atoms with van der Waals surface area (Å²) < 4.78 is 5.22. The first-order valence-corrected chi connectivity index (χ1v) is 17.0. The van der Waals surface area contributed by atoms with Crippen LogP contribution in [-0.2, 0) is 19.4 Å². The number of aromatic nitrogens is 6. The number of hydrogen-bond acceptors (Lipinski definition) is 10. The third-order valence-electron chi connectivity index (χ3n) is 7.09. The van der Waals surface area contributed by atoms with Gasteiger partial charge in [0.25, 0.3) is 0 Å². The standard InChI is InChI=1S/C21H19ClN4OS.C13H10ClN3S/c1-3-15-11-16-20(24-12-13-4-5-18(27-2)17(22)10-13)25-19(26-21(16)28-15)14-6-8-23-9-7-14;1-2-9-7-10-11(14)16-12(17-13(10)18-9)8-3-5-15-6-4-8/h4-11H,3,12H2,1-2H3,(H,24,25,26);3-7H,2H2,1H3. The van der Waals surface area contributed by atoms with Crippen LogP contribution in [0.25, 0.3) is 43.2 Å². The van der Waals surface area contributed by atoms with Crippen LogP contribution in [-0.4, -0.2) is 37.0 Å². The van der Waals surface area contributed by atoms with Crippen LogP contribution in [0.5, 0.6) is 5.75 Å². The summed E-state index contributed by atoms with van der Waals surface area (Å²) in [4.78, 5) is 31.0. The Balaban J connectivity index is 0.000000178. The van der Waals surface area contributed by atoms with Crippen LogP contribution in [0.4, 0.5) is 5.82 Å². The van der Waals surface area contributed by atoms with Gasteiger partial charge in [-0.25, -0.2) is 19.9 Å². The minimum atomic E-state index is 0.516. The normalized spacial score (nSPS) is 11.0. The van der Waals surface area contributed by atoms with Gasteiger partial charge in [-0.05, 0) is 66.9 Å². The second-order valence-corrected chi connectivity index (χ2v) is 13.1. The number of fused-ring (bicyclic) bond motifs is 2. The summed E-state index contributed by atoms with van der Waals surface area (Å²) in [5.74, 6) is 2.83. The highest BCUT2D eigenvalue weighted by atomic mass is 35.5. The van der Waals surface area contributed by atoms with Gasteiger partial charge in [0, 0.05) is 57.6 Å². The van der Waals surface area contributed by atoms with Gasteiger partial charge in [0.15, 0.2) is 11.6 Å². The quantitative estimate of drug-likeness (QED) is 0.158. The maximum absolute atomic E-state index is 6.25. The van der Waals surface area contributed by atoms with Gasteiger partial charge in [-0.2, -0.15) is 0 Å². The largest absolute Gasteiger partial charge is 0.495 e. The lowest BCUT2D eigenvalue weighted by atomic mass is 10.2. The van der Waals surface area contributed by atoms with Crippen molar-refractivity contribution in [2.75, 3.05) is 12.4 Å². The summed E-state index contributed by atoms with van der Waals surface area (Å²) in [6.07, 6.45) is 8.91. The predicted octanol–water partition coefficient (Wildman–Crippen LogP) is 9.56. The van der Waals surface area contributed by atoms with Crippen molar-refractivity contribution in [2.24, 2.45) is 0 Å². The lowest BCUT2D eigenvalue weighted by Gasteiger charge is -2.10. The van der Waals surface area contributed by atoms with Gasteiger partial charge in [0.05, 0.1) is 17.5 Å². The van der Waals surface area contributed by atoms with Crippen molar-refractivity contribution >= 4 is 72.1 Å². The zero-order valence-electron chi connectivity index (χ0n) is 25.3. The number of aryl methyl sites for hydroxylation is 2. The first kappa shape index (κ1) is 31.7. The molecule has 12 heteroatoms. The van der Waals surface area contributed by atoms with Gasteiger partial charge in [0.2, 0.25) is 0 Å². The SMILES string of the molecule is CCc1cc2c(Cl)nc(-c3ccncc3)nc2s1.CCc1cc2c(NCc3ccc(OC)c(Cl)c3)nc(-c3ccncc3)nc2s1. The minimum Gasteiger partial charge on any atom is -0.495 e. The number of rotatable bonds is 8. The molecule has 232 valence electrons. The van der Waals surface area contributed by atoms with E-state index < -0.39 is 0 Å². The number of pyridine rings is 2. The summed E-state index contributed by atoms with van der Waals surface area (Å²) in [6, 6.07) is 17.6. The Hall–Kier alpha value is -4.22. The maximum atomic E-state index is 6.25. The van der Waals surface area contributed by atoms with E-state index >= 15 is 0 Å². The lowest BCUT2D eigenvalue weighted by molar-refractivity contribution is 0.415. The molecule has 0 aliphatic heterocycles. The molecule has 1 aromatic carbocycles. The van der Waals surface area contributed by atoms with E-state index in [2.05, 4.69) is 51.2 Å². The molecule has 0 radical (unpaired) electrons. The Morgan fingerprint density at radius 1 is 0.696 bits per heavy atom. The molecule has 46 heavy (non-hydrogen) atoms. The Bertz CT molecular complexity index is 2100. The molecule has 0 atom stereocenters. The highest BCUT2D eigenvalue weighted by Gasteiger charge is 2.14. The van der Waals surface area contributed by atoms with E-state index in [4.69, 9.17) is 37.9 Å². The fourth-order valence-corrected chi connectivity index (χ4v) is 7.15. The second-order valence-electron chi connectivity index (χ2n) is 10.1. The molecule has 6 heterocycles. The zero-order valence-corrected chi connectivity index (χ0v) is 28.4. The summed E-state index contributed by atoms with van der Waals surface area (Å²) >= 11 is 15.8. The van der Waals surface area contributed by atoms with Gasteiger partial charge in [0.1, 0.15) is 26.4 Å². The van der Waals surface area contributed by atoms with E-state index in [9.17, 15) is 0 Å². The van der Waals surface area contributed by atoms with Crippen LogP contribution in [0, 0.1) is 0 Å². The molecule has 0 aliphatic carbocycles. The zero-order chi connectivity index (χ0) is 32.0. The number of halogens is 2. The van der Waals surface area contributed by atoms with Crippen LogP contribution in [0.1, 0.15) is 29.2 Å². The Kier molecular flexibility index (Phi) is 9.99. The summed E-state index contributed by atoms with van der Waals surface area (Å²) in [7, 11) is 1.61. The molecule has 0 saturated heterocycles. The molecule has 1 N–H and O–H groups in total. The topological polar surface area (TPSA) is 98.6 Å². The number of benzene rings is 1. The smallest absolute Gasteiger partial charge is 0.163 e. The molecule has 0 aliphatic rings. The van der Waals surface area contributed by atoms with Gasteiger partial charge < -0.3 is 10.1 Å². The molecular weight excluding hydrogens is 657 g/mol. The fourth-order valence-electron chi connectivity index (χ4n) is 4.66. The van der Waals surface area contributed by atoms with Crippen molar-refractivity contribution in [1.29, 1.82) is 0 Å². The second kappa shape index (κ2) is 14.5. The summed E-state index contributed by atoms with van der Waals surface area (Å²) in [5.41, 5.74) is 2.92. The van der Waals surface area contributed by atoms with E-state index in [1.807, 2.05) is 42.5 Å². The average Bonchev–Trinajstić information content (AvgIpc) is 3.73. The molecule has 7 aromatic rings. The highest BCUT2D eigenvalue weighted by molar-refractivity contribution is 7.19. The molecular formula is C34H29Cl2N7OS2. The van der Waals surface area contributed by atoms with Crippen molar-refractivity contribution in [3.8, 4) is 28.5 Å². The highest BCUT2D eigenvalue weighted by Crippen LogP contribution is 2.33. The fraction of sp³-hybridized carbons (Fsp3) is 0.176. The molecule has 8 nitrogen and oxygen atoms in total. The number of anilines is 1. The van der Waals surface area contributed by atoms with Gasteiger partial charge >= 0.3 is 0 Å². The third-order valence-corrected chi connectivity index (χ3v) is 10.0. The summed E-state index contributed by atoms with van der Waals surface area (Å²) in [6.45, 7) is 4.87. The third kappa shape index (κ3) is 7.10. The molecule has 7 rings (SSSR count). The first-order valence-electron chi connectivity index (χ1n) is 14.6. The number of methoxy groups -OCH3 is 1. The van der Waals surface area contributed by atoms with Crippen LogP contribution in [0.15, 0.2) is 79.4 Å². The molecule has 0 spiro atoms. The average molecular weight is 687 g/mol. The number of thiophene rings is 2. The Labute approximate surface area is 284 Å². The molecule has 6 aromatic heterocycles. The van der Waals surface area contributed by atoms with Crippen LogP contribution >= 0.6 is 45.9 Å².